The van der Waals surface area contributed by atoms with Gasteiger partial charge in [0.15, 0.2) is 11.5 Å². The molecule has 0 saturated carbocycles. The molecule has 0 spiro atoms. The Morgan fingerprint density at radius 3 is 2.46 bits per heavy atom. The van der Waals surface area contributed by atoms with Crippen LogP contribution in [0.25, 0.3) is 5.76 Å². The monoisotopic (exact) mass is 383 g/mol. The lowest BCUT2D eigenvalue weighted by molar-refractivity contribution is -0.140. The Balaban J connectivity index is 2.21. The summed E-state index contributed by atoms with van der Waals surface area (Å²) < 4.78 is 5.13. The fourth-order valence-electron chi connectivity index (χ4n) is 3.32. The molecule has 7 nitrogen and oxygen atoms in total. The van der Waals surface area contributed by atoms with Crippen LogP contribution in [0.4, 0.5) is 0 Å². The third kappa shape index (κ3) is 3.44. The van der Waals surface area contributed by atoms with Gasteiger partial charge in [-0.15, -0.1) is 0 Å². The molecule has 2 aromatic rings. The maximum absolute atomic E-state index is 12.7. The number of nitrogens with zero attached hydrogens (tertiary/aromatic N) is 1. The Labute approximate surface area is 162 Å². The Morgan fingerprint density at radius 1 is 1.18 bits per heavy atom. The first-order valence-corrected chi connectivity index (χ1v) is 8.74. The molecular formula is C21H21NO6. The molecule has 2 atom stereocenters. The van der Waals surface area contributed by atoms with Gasteiger partial charge < -0.3 is 25.0 Å². The number of aliphatic hydroxyl groups excluding tert-OH is 2. The number of amides is 1. The molecule has 146 valence electrons. The second-order valence-corrected chi connectivity index (χ2v) is 6.60. The number of ether oxygens (including phenoxy) is 1. The molecule has 2 aromatic carbocycles. The zero-order chi connectivity index (χ0) is 20.4. The van der Waals surface area contributed by atoms with Gasteiger partial charge in [0.2, 0.25) is 0 Å². The number of Topliss-reactive ketones (excluding diaryl/α,β-unsaturated/α-hetero) is 1. The van der Waals surface area contributed by atoms with Gasteiger partial charge in [0.05, 0.1) is 24.8 Å². The van der Waals surface area contributed by atoms with E-state index >= 15 is 0 Å². The van der Waals surface area contributed by atoms with E-state index in [1.807, 2.05) is 0 Å². The molecule has 1 aliphatic heterocycles. The van der Waals surface area contributed by atoms with Gasteiger partial charge in [0.25, 0.3) is 11.7 Å². The highest BCUT2D eigenvalue weighted by atomic mass is 16.5. The summed E-state index contributed by atoms with van der Waals surface area (Å²) in [7, 11) is 1.38. The van der Waals surface area contributed by atoms with Gasteiger partial charge in [-0.05, 0) is 24.6 Å². The molecule has 0 unspecified atom stereocenters. The Morgan fingerprint density at radius 2 is 1.86 bits per heavy atom. The zero-order valence-electron chi connectivity index (χ0n) is 15.5. The third-order valence-corrected chi connectivity index (χ3v) is 4.57. The van der Waals surface area contributed by atoms with E-state index in [1.54, 1.807) is 36.4 Å². The minimum absolute atomic E-state index is 0.0791. The summed E-state index contributed by atoms with van der Waals surface area (Å²) in [5.41, 5.74) is 0.782. The number of methoxy groups -OCH3 is 1. The van der Waals surface area contributed by atoms with E-state index in [0.29, 0.717) is 11.1 Å². The van der Waals surface area contributed by atoms with Crippen LogP contribution in [0.15, 0.2) is 54.1 Å². The molecule has 1 heterocycles. The highest BCUT2D eigenvalue weighted by Crippen LogP contribution is 2.41. The number of carbonyl (C=O) groups is 2. The van der Waals surface area contributed by atoms with Crippen LogP contribution >= 0.6 is 0 Å². The fraction of sp³-hybridized carbons (Fsp3) is 0.238. The average Bonchev–Trinajstić information content (AvgIpc) is 2.93. The summed E-state index contributed by atoms with van der Waals surface area (Å²) in [5, 5.41) is 30.5. The van der Waals surface area contributed by atoms with Crippen molar-refractivity contribution in [3.63, 3.8) is 0 Å². The minimum Gasteiger partial charge on any atom is -0.507 e. The maximum atomic E-state index is 12.7. The van der Waals surface area contributed by atoms with Gasteiger partial charge in [-0.25, -0.2) is 0 Å². The summed E-state index contributed by atoms with van der Waals surface area (Å²) in [4.78, 5) is 26.6. The van der Waals surface area contributed by atoms with Crippen molar-refractivity contribution in [3.8, 4) is 11.5 Å². The smallest absolute Gasteiger partial charge is 0.295 e. The largest absolute Gasteiger partial charge is 0.507 e. The van der Waals surface area contributed by atoms with Gasteiger partial charge >= 0.3 is 0 Å². The van der Waals surface area contributed by atoms with Crippen LogP contribution in [0.5, 0.6) is 11.5 Å². The number of ketones is 1. The van der Waals surface area contributed by atoms with E-state index in [1.165, 1.54) is 31.1 Å². The fourth-order valence-corrected chi connectivity index (χ4v) is 3.32. The molecule has 1 aliphatic rings. The zero-order valence-corrected chi connectivity index (χ0v) is 15.5. The van der Waals surface area contributed by atoms with Gasteiger partial charge in [-0.3, -0.25) is 9.59 Å². The van der Waals surface area contributed by atoms with Crippen LogP contribution < -0.4 is 4.74 Å². The molecule has 1 saturated heterocycles. The van der Waals surface area contributed by atoms with Crippen molar-refractivity contribution < 1.29 is 29.6 Å². The number of aliphatic hydroxyl groups is 2. The van der Waals surface area contributed by atoms with Gasteiger partial charge in [0, 0.05) is 12.1 Å². The lowest BCUT2D eigenvalue weighted by Gasteiger charge is -2.26. The Hall–Kier alpha value is -3.32. The number of phenolic OH excluding ortho intramolecular Hbond substituents is 1. The normalized spacial score (nSPS) is 19.7. The number of phenols is 1. The first kappa shape index (κ1) is 19.4. The molecule has 0 aliphatic carbocycles. The van der Waals surface area contributed by atoms with Crippen molar-refractivity contribution in [3.05, 3.63) is 65.2 Å². The predicted octanol–water partition coefficient (Wildman–Crippen LogP) is 2.20. The molecule has 1 amide bonds. The summed E-state index contributed by atoms with van der Waals surface area (Å²) in [6.45, 7) is 1.41. The number of benzene rings is 2. The summed E-state index contributed by atoms with van der Waals surface area (Å²) in [5.74, 6) is -1.87. The second-order valence-electron chi connectivity index (χ2n) is 6.60. The van der Waals surface area contributed by atoms with Crippen LogP contribution in [0.1, 0.15) is 24.1 Å². The summed E-state index contributed by atoms with van der Waals surface area (Å²) in [6, 6.07) is 12.0. The molecule has 7 heteroatoms. The van der Waals surface area contributed by atoms with E-state index in [-0.39, 0.29) is 29.4 Å². The van der Waals surface area contributed by atoms with Crippen LogP contribution in [-0.4, -0.2) is 51.7 Å². The molecule has 28 heavy (non-hydrogen) atoms. The first-order valence-electron chi connectivity index (χ1n) is 8.74. The quantitative estimate of drug-likeness (QED) is 0.415. The van der Waals surface area contributed by atoms with Gasteiger partial charge in [-0.1, -0.05) is 36.4 Å². The topological polar surface area (TPSA) is 107 Å². The summed E-state index contributed by atoms with van der Waals surface area (Å²) in [6.07, 6.45) is -0.878. The number of aromatic hydroxyl groups is 1. The van der Waals surface area contributed by atoms with Crippen molar-refractivity contribution in [2.75, 3.05) is 13.7 Å². The van der Waals surface area contributed by atoms with E-state index in [0.717, 1.165) is 0 Å². The van der Waals surface area contributed by atoms with Crippen LogP contribution in [-0.2, 0) is 9.59 Å². The Kier molecular flexibility index (Phi) is 5.37. The van der Waals surface area contributed by atoms with Crippen molar-refractivity contribution in [2.24, 2.45) is 0 Å². The number of β-amino-alcohol motifs (C(OH)–C–C–N with tert-alkyl or cyclic N) is 1. The van der Waals surface area contributed by atoms with E-state index in [4.69, 9.17) is 4.74 Å². The van der Waals surface area contributed by atoms with Gasteiger partial charge in [0.1, 0.15) is 5.76 Å². The SMILES string of the molecule is COc1cc([C@H]2C(=C(O)c3ccccc3)C(=O)C(=O)N2C[C@@H](C)O)ccc1O. The van der Waals surface area contributed by atoms with Crippen molar-refractivity contribution in [2.45, 2.75) is 19.1 Å². The first-order chi connectivity index (χ1) is 13.3. The maximum Gasteiger partial charge on any atom is 0.295 e. The Bertz CT molecular complexity index is 935. The molecule has 3 rings (SSSR count). The lowest BCUT2D eigenvalue weighted by atomic mass is 9.95. The number of likely N-dealkylation sites (tertiary alicyclic amines) is 1. The molecule has 0 aromatic heterocycles. The lowest BCUT2D eigenvalue weighted by Crippen LogP contribution is -2.35. The van der Waals surface area contributed by atoms with Crippen molar-refractivity contribution in [1.82, 2.24) is 4.90 Å². The van der Waals surface area contributed by atoms with Crippen LogP contribution in [0.3, 0.4) is 0 Å². The van der Waals surface area contributed by atoms with Crippen molar-refractivity contribution in [1.29, 1.82) is 0 Å². The number of rotatable bonds is 5. The second kappa shape index (κ2) is 7.74. The molecular weight excluding hydrogens is 362 g/mol. The number of carbonyl (C=O) groups excluding carboxylic acids is 2. The van der Waals surface area contributed by atoms with E-state index in [2.05, 4.69) is 0 Å². The highest BCUT2D eigenvalue weighted by Gasteiger charge is 2.46. The highest BCUT2D eigenvalue weighted by molar-refractivity contribution is 6.46. The van der Waals surface area contributed by atoms with E-state index < -0.39 is 23.8 Å². The van der Waals surface area contributed by atoms with E-state index in [9.17, 15) is 24.9 Å². The standard InChI is InChI=1S/C21H21NO6/c1-12(23)11-22-18(14-8-9-15(24)16(10-14)28-2)17(20(26)21(22)27)19(25)13-6-4-3-5-7-13/h3-10,12,18,23-25H,11H2,1-2H3/t12-,18+/m1/s1. The minimum atomic E-state index is -0.927. The van der Waals surface area contributed by atoms with Gasteiger partial charge in [-0.2, -0.15) is 0 Å². The summed E-state index contributed by atoms with van der Waals surface area (Å²) >= 11 is 0. The van der Waals surface area contributed by atoms with Crippen LogP contribution in [0, 0.1) is 0 Å². The molecule has 0 radical (unpaired) electrons. The van der Waals surface area contributed by atoms with Crippen LogP contribution in [0.2, 0.25) is 0 Å². The number of hydrogen-bond donors (Lipinski definition) is 3. The third-order valence-electron chi connectivity index (χ3n) is 4.57. The average molecular weight is 383 g/mol. The molecule has 0 bridgehead atoms. The predicted molar refractivity (Wildman–Crippen MR) is 102 cm³/mol. The van der Waals surface area contributed by atoms with Crippen molar-refractivity contribution >= 4 is 17.4 Å². The molecule has 1 fully saturated rings. The molecule has 3 N–H and O–H groups in total. The number of hydrogen-bond acceptors (Lipinski definition) is 6.